The number of nitrogens with zero attached hydrogens (tertiary/aromatic N) is 2. The lowest BCUT2D eigenvalue weighted by atomic mass is 10.0. The molecule has 1 N–H and O–H groups in total. The van der Waals surface area contributed by atoms with E-state index in [9.17, 15) is 14.4 Å². The molecular weight excluding hydrogens is 598 g/mol. The van der Waals surface area contributed by atoms with Crippen LogP contribution in [0.2, 0.25) is 0 Å². The van der Waals surface area contributed by atoms with Crippen LogP contribution in [0.3, 0.4) is 0 Å². The molecule has 0 bridgehead atoms. The molecule has 1 aromatic heterocycles. The van der Waals surface area contributed by atoms with Crippen LogP contribution in [-0.4, -0.2) is 58.2 Å². The van der Waals surface area contributed by atoms with Crippen LogP contribution in [0.4, 0.5) is 0 Å². The van der Waals surface area contributed by atoms with Gasteiger partial charge in [-0.2, -0.15) is 11.8 Å². The largest absolute Gasteiger partial charge is 0.466 e. The van der Waals surface area contributed by atoms with Gasteiger partial charge in [0, 0.05) is 43.4 Å². The summed E-state index contributed by atoms with van der Waals surface area (Å²) in [5.74, 6) is -0.142. The van der Waals surface area contributed by atoms with Crippen molar-refractivity contribution >= 4 is 29.6 Å². The van der Waals surface area contributed by atoms with E-state index < -0.39 is 5.92 Å². The first kappa shape index (κ1) is 42.0. The molecular formula is C37H67N3O5S. The van der Waals surface area contributed by atoms with E-state index in [4.69, 9.17) is 9.47 Å². The van der Waals surface area contributed by atoms with Gasteiger partial charge in [-0.05, 0) is 38.5 Å². The highest BCUT2D eigenvalue weighted by molar-refractivity contribution is 7.99. The van der Waals surface area contributed by atoms with Gasteiger partial charge in [-0.3, -0.25) is 14.4 Å². The van der Waals surface area contributed by atoms with Crippen LogP contribution in [0.1, 0.15) is 156 Å². The van der Waals surface area contributed by atoms with Crippen LogP contribution in [0.5, 0.6) is 0 Å². The molecule has 46 heavy (non-hydrogen) atoms. The second-order valence-electron chi connectivity index (χ2n) is 12.7. The number of unbranched alkanes of at least 4 members (excludes halogenated alkanes) is 13. The van der Waals surface area contributed by atoms with Crippen molar-refractivity contribution < 1.29 is 23.9 Å². The lowest BCUT2D eigenvalue weighted by molar-refractivity contribution is -0.155. The molecule has 0 saturated heterocycles. The van der Waals surface area contributed by atoms with Crippen LogP contribution in [-0.2, 0) is 30.4 Å². The fraction of sp³-hybridized carbons (Fsp3) is 0.838. The fourth-order valence-corrected chi connectivity index (χ4v) is 6.43. The van der Waals surface area contributed by atoms with Crippen molar-refractivity contribution in [1.29, 1.82) is 0 Å². The summed E-state index contributed by atoms with van der Waals surface area (Å²) in [4.78, 5) is 42.7. The van der Waals surface area contributed by atoms with Gasteiger partial charge in [0.15, 0.2) is 0 Å². The molecule has 0 spiro atoms. The number of hydrogen-bond acceptors (Lipinski definition) is 7. The zero-order valence-electron chi connectivity index (χ0n) is 29.6. The summed E-state index contributed by atoms with van der Waals surface area (Å²) >= 11 is 1.53. The Morgan fingerprint density at radius 1 is 0.804 bits per heavy atom. The van der Waals surface area contributed by atoms with E-state index in [0.29, 0.717) is 31.1 Å². The van der Waals surface area contributed by atoms with Gasteiger partial charge in [-0.1, -0.05) is 104 Å². The van der Waals surface area contributed by atoms with Gasteiger partial charge in [0.25, 0.3) is 0 Å². The lowest BCUT2D eigenvalue weighted by Crippen LogP contribution is -2.33. The van der Waals surface area contributed by atoms with Gasteiger partial charge >= 0.3 is 11.9 Å². The van der Waals surface area contributed by atoms with Crippen LogP contribution >= 0.6 is 11.8 Å². The standard InChI is InChI=1S/C37H67N3O5S/c1-4-7-10-13-15-17-21-34(22-18-16-14-11-8-5-2)45-37(43)33(30-35(41)39-24-20-26-40-27-25-38-32-40)31-46-29-23-36(42)44-28-19-12-9-6-3/h25,27,32-34H,4-24,26,28-31H2,1-3H3,(H,39,41). The SMILES string of the molecule is CCCCCCCCC(CCCCCCCC)OC(=O)C(CSCCC(=O)OCCCCCC)CC(=O)NCCCn1ccnc1. The minimum absolute atomic E-state index is 0.0968. The van der Waals surface area contributed by atoms with E-state index in [1.165, 1.54) is 76.0 Å². The van der Waals surface area contributed by atoms with Crippen LogP contribution in [0.25, 0.3) is 0 Å². The molecule has 0 aliphatic rings. The monoisotopic (exact) mass is 665 g/mol. The number of carbonyl (C=O) groups excluding carboxylic acids is 3. The van der Waals surface area contributed by atoms with Crippen LogP contribution in [0.15, 0.2) is 18.7 Å². The molecule has 0 saturated carbocycles. The molecule has 1 heterocycles. The van der Waals surface area contributed by atoms with Gasteiger partial charge in [0.05, 0.1) is 25.3 Å². The Hall–Kier alpha value is -2.03. The predicted molar refractivity (Wildman–Crippen MR) is 191 cm³/mol. The zero-order chi connectivity index (χ0) is 33.5. The molecule has 1 rings (SSSR count). The Balaban J connectivity index is 2.67. The molecule has 266 valence electrons. The number of hydrogen-bond donors (Lipinski definition) is 1. The summed E-state index contributed by atoms with van der Waals surface area (Å²) in [7, 11) is 0. The van der Waals surface area contributed by atoms with Gasteiger partial charge in [0.2, 0.25) is 5.91 Å². The smallest absolute Gasteiger partial charge is 0.310 e. The first-order chi connectivity index (χ1) is 22.5. The van der Waals surface area contributed by atoms with Crippen molar-refractivity contribution in [2.45, 2.75) is 168 Å². The maximum Gasteiger partial charge on any atom is 0.310 e. The second-order valence-corrected chi connectivity index (χ2v) is 13.8. The Kier molecular flexibility index (Phi) is 27.7. The maximum atomic E-state index is 13.6. The average Bonchev–Trinajstić information content (AvgIpc) is 3.57. The number of esters is 2. The molecule has 0 aliphatic carbocycles. The van der Waals surface area contributed by atoms with Crippen LogP contribution < -0.4 is 5.32 Å². The first-order valence-electron chi connectivity index (χ1n) is 18.7. The molecule has 0 aromatic carbocycles. The highest BCUT2D eigenvalue weighted by Gasteiger charge is 2.26. The normalized spacial score (nSPS) is 11.9. The number of aryl methyl sites for hydroxylation is 1. The highest BCUT2D eigenvalue weighted by atomic mass is 32.2. The minimum atomic E-state index is -0.541. The quantitative estimate of drug-likeness (QED) is 0.0605. The zero-order valence-corrected chi connectivity index (χ0v) is 30.4. The number of amides is 1. The maximum absolute atomic E-state index is 13.6. The minimum Gasteiger partial charge on any atom is -0.466 e. The third-order valence-corrected chi connectivity index (χ3v) is 9.44. The second kappa shape index (κ2) is 30.3. The number of carbonyl (C=O) groups is 3. The van der Waals surface area contributed by atoms with E-state index in [1.807, 2.05) is 10.8 Å². The van der Waals surface area contributed by atoms with Crippen molar-refractivity contribution in [1.82, 2.24) is 14.9 Å². The van der Waals surface area contributed by atoms with E-state index in [2.05, 4.69) is 31.1 Å². The van der Waals surface area contributed by atoms with E-state index in [-0.39, 0.29) is 30.4 Å². The van der Waals surface area contributed by atoms with Gasteiger partial charge in [0.1, 0.15) is 6.10 Å². The number of rotatable bonds is 32. The Morgan fingerprint density at radius 2 is 1.41 bits per heavy atom. The molecule has 0 radical (unpaired) electrons. The molecule has 0 fully saturated rings. The number of nitrogens with one attached hydrogen (secondary N) is 1. The van der Waals surface area contributed by atoms with Crippen molar-refractivity contribution in [2.24, 2.45) is 5.92 Å². The Labute approximate surface area is 285 Å². The van der Waals surface area contributed by atoms with Crippen LogP contribution in [0, 0.1) is 5.92 Å². The third-order valence-electron chi connectivity index (χ3n) is 8.31. The highest BCUT2D eigenvalue weighted by Crippen LogP contribution is 2.21. The number of ether oxygens (including phenoxy) is 2. The van der Waals surface area contributed by atoms with Crippen molar-refractivity contribution in [3.63, 3.8) is 0 Å². The molecule has 1 amide bonds. The summed E-state index contributed by atoms with van der Waals surface area (Å²) in [6, 6.07) is 0. The predicted octanol–water partition coefficient (Wildman–Crippen LogP) is 9.06. The number of aromatic nitrogens is 2. The first-order valence-corrected chi connectivity index (χ1v) is 19.8. The molecule has 9 heteroatoms. The van der Waals surface area contributed by atoms with E-state index in [1.54, 1.807) is 12.5 Å². The Morgan fingerprint density at radius 3 is 2.02 bits per heavy atom. The van der Waals surface area contributed by atoms with E-state index in [0.717, 1.165) is 64.3 Å². The molecule has 1 aromatic rings. The molecule has 1 atom stereocenters. The molecule has 0 aliphatic heterocycles. The lowest BCUT2D eigenvalue weighted by Gasteiger charge is -2.22. The fourth-order valence-electron chi connectivity index (χ4n) is 5.41. The van der Waals surface area contributed by atoms with Crippen molar-refractivity contribution in [3.05, 3.63) is 18.7 Å². The van der Waals surface area contributed by atoms with Gasteiger partial charge < -0.3 is 19.4 Å². The van der Waals surface area contributed by atoms with Crippen molar-refractivity contribution in [2.75, 3.05) is 24.7 Å². The molecule has 1 unspecified atom stereocenters. The van der Waals surface area contributed by atoms with Gasteiger partial charge in [-0.25, -0.2) is 4.98 Å². The summed E-state index contributed by atoms with van der Waals surface area (Å²) < 4.78 is 13.5. The molecule has 8 nitrogen and oxygen atoms in total. The summed E-state index contributed by atoms with van der Waals surface area (Å²) in [5, 5.41) is 2.98. The van der Waals surface area contributed by atoms with Crippen molar-refractivity contribution in [3.8, 4) is 0 Å². The summed E-state index contributed by atoms with van der Waals surface area (Å²) in [6.45, 7) is 8.40. The van der Waals surface area contributed by atoms with E-state index >= 15 is 0 Å². The number of thioether (sulfide) groups is 1. The summed E-state index contributed by atoms with van der Waals surface area (Å²) in [5.41, 5.74) is 0. The topological polar surface area (TPSA) is 99.5 Å². The summed E-state index contributed by atoms with van der Waals surface area (Å²) in [6.07, 6.45) is 27.0. The van der Waals surface area contributed by atoms with Gasteiger partial charge in [-0.15, -0.1) is 0 Å². The third kappa shape index (κ3) is 24.2. The Bertz CT molecular complexity index is 851. The average molecular weight is 666 g/mol. The number of imidazole rings is 1.